The minimum Gasteiger partial charge on any atom is -0.363 e. The highest BCUT2D eigenvalue weighted by Crippen LogP contribution is 2.10. The summed E-state index contributed by atoms with van der Waals surface area (Å²) in [7, 11) is 3.94. The van der Waals surface area contributed by atoms with Crippen molar-refractivity contribution in [2.45, 2.75) is 6.54 Å². The van der Waals surface area contributed by atoms with Crippen LogP contribution in [0.2, 0.25) is 0 Å². The fraction of sp³-hybridized carbons (Fsp3) is 0.250. The molecule has 0 bridgehead atoms. The maximum atomic E-state index is 4.50. The van der Waals surface area contributed by atoms with Crippen LogP contribution in [0.4, 0.5) is 11.8 Å². The largest absolute Gasteiger partial charge is 0.363 e. The van der Waals surface area contributed by atoms with E-state index in [1.807, 2.05) is 37.2 Å². The van der Waals surface area contributed by atoms with Crippen molar-refractivity contribution in [2.24, 2.45) is 0 Å². The maximum Gasteiger partial charge on any atom is 0.222 e. The van der Waals surface area contributed by atoms with Gasteiger partial charge in [0.1, 0.15) is 5.82 Å². The molecule has 0 saturated carbocycles. The van der Waals surface area contributed by atoms with Gasteiger partial charge >= 0.3 is 0 Å². The lowest BCUT2D eigenvalue weighted by atomic mass is 10.3. The smallest absolute Gasteiger partial charge is 0.222 e. The average Bonchev–Trinajstić information content (AvgIpc) is 2.38. The Kier molecular flexibility index (Phi) is 4.09. The van der Waals surface area contributed by atoms with Crippen molar-refractivity contribution in [3.05, 3.63) is 40.8 Å². The second-order valence-corrected chi connectivity index (χ2v) is 4.88. The molecule has 1 N–H and O–H groups in total. The molecule has 94 valence electrons. The summed E-state index contributed by atoms with van der Waals surface area (Å²) in [6, 6.07) is 5.93. The Morgan fingerprint density at radius 2 is 1.94 bits per heavy atom. The van der Waals surface area contributed by atoms with Crippen LogP contribution in [0.25, 0.3) is 0 Å². The van der Waals surface area contributed by atoms with E-state index in [-0.39, 0.29) is 0 Å². The van der Waals surface area contributed by atoms with Crippen molar-refractivity contribution >= 4 is 27.7 Å². The first kappa shape index (κ1) is 12.8. The predicted molar refractivity (Wildman–Crippen MR) is 75.6 cm³/mol. The van der Waals surface area contributed by atoms with Crippen molar-refractivity contribution < 1.29 is 0 Å². The summed E-state index contributed by atoms with van der Waals surface area (Å²) in [4.78, 5) is 14.8. The van der Waals surface area contributed by atoms with E-state index in [1.54, 1.807) is 12.4 Å². The third kappa shape index (κ3) is 3.40. The summed E-state index contributed by atoms with van der Waals surface area (Å²) < 4.78 is 0.862. The molecule has 18 heavy (non-hydrogen) atoms. The van der Waals surface area contributed by atoms with Crippen LogP contribution in [-0.4, -0.2) is 29.0 Å². The zero-order chi connectivity index (χ0) is 13.0. The number of aromatic nitrogens is 3. The molecule has 0 unspecified atom stereocenters. The number of rotatable bonds is 4. The third-order valence-electron chi connectivity index (χ3n) is 2.30. The topological polar surface area (TPSA) is 53.9 Å². The van der Waals surface area contributed by atoms with E-state index in [9.17, 15) is 0 Å². The van der Waals surface area contributed by atoms with E-state index in [1.165, 1.54) is 0 Å². The second kappa shape index (κ2) is 5.77. The molecule has 2 heterocycles. The van der Waals surface area contributed by atoms with Gasteiger partial charge in [-0.25, -0.2) is 15.0 Å². The minimum absolute atomic E-state index is 0.593. The predicted octanol–water partition coefficient (Wildman–Crippen LogP) is 2.31. The number of pyridine rings is 1. The summed E-state index contributed by atoms with van der Waals surface area (Å²) in [5, 5.41) is 3.13. The quantitative estimate of drug-likeness (QED) is 0.939. The highest BCUT2D eigenvalue weighted by atomic mass is 79.9. The lowest BCUT2D eigenvalue weighted by Crippen LogP contribution is -2.12. The van der Waals surface area contributed by atoms with Gasteiger partial charge in [0.2, 0.25) is 5.95 Å². The first-order valence-corrected chi connectivity index (χ1v) is 6.29. The molecule has 0 aliphatic rings. The summed E-state index contributed by atoms with van der Waals surface area (Å²) in [5.74, 6) is 1.53. The first-order chi connectivity index (χ1) is 8.65. The highest BCUT2D eigenvalue weighted by Gasteiger charge is 2.01. The Labute approximate surface area is 114 Å². The molecule has 0 radical (unpaired) electrons. The Balaban J connectivity index is 2.01. The Bertz CT molecular complexity index is 512. The fourth-order valence-electron chi connectivity index (χ4n) is 1.39. The molecule has 2 aromatic heterocycles. The van der Waals surface area contributed by atoms with Crippen molar-refractivity contribution in [1.29, 1.82) is 0 Å². The van der Waals surface area contributed by atoms with Crippen molar-refractivity contribution in [3.63, 3.8) is 0 Å². The molecule has 5 nitrogen and oxygen atoms in total. The van der Waals surface area contributed by atoms with E-state index in [0.717, 1.165) is 16.0 Å². The van der Waals surface area contributed by atoms with Crippen LogP contribution in [-0.2, 0) is 6.54 Å². The van der Waals surface area contributed by atoms with Gasteiger partial charge < -0.3 is 10.2 Å². The van der Waals surface area contributed by atoms with E-state index < -0.39 is 0 Å². The zero-order valence-corrected chi connectivity index (χ0v) is 11.8. The molecule has 0 fully saturated rings. The molecule has 2 aromatic rings. The minimum atomic E-state index is 0.593. The molecule has 2 rings (SSSR count). The van der Waals surface area contributed by atoms with Crippen molar-refractivity contribution in [2.75, 3.05) is 24.3 Å². The summed E-state index contributed by atoms with van der Waals surface area (Å²) in [5.41, 5.74) is 0.952. The zero-order valence-electron chi connectivity index (χ0n) is 10.3. The van der Waals surface area contributed by atoms with Gasteiger partial charge in [-0.05, 0) is 28.1 Å². The number of nitrogens with zero attached hydrogens (tertiary/aromatic N) is 4. The SMILES string of the molecule is CN(C)c1cccc(CNc2ncc(Br)cn2)n1. The van der Waals surface area contributed by atoms with Gasteiger partial charge in [0, 0.05) is 26.5 Å². The van der Waals surface area contributed by atoms with E-state index in [2.05, 4.69) is 36.2 Å². The molecular formula is C12H14BrN5. The third-order valence-corrected chi connectivity index (χ3v) is 2.71. The lowest BCUT2D eigenvalue weighted by molar-refractivity contribution is 0.973. The number of hydrogen-bond acceptors (Lipinski definition) is 5. The molecule has 0 spiro atoms. The van der Waals surface area contributed by atoms with Gasteiger partial charge in [-0.3, -0.25) is 0 Å². The molecule has 0 amide bonds. The van der Waals surface area contributed by atoms with Crippen molar-refractivity contribution in [1.82, 2.24) is 15.0 Å². The number of anilines is 2. The van der Waals surface area contributed by atoms with Gasteiger partial charge in [-0.1, -0.05) is 6.07 Å². The fourth-order valence-corrected chi connectivity index (χ4v) is 1.59. The average molecular weight is 308 g/mol. The number of nitrogens with one attached hydrogen (secondary N) is 1. The lowest BCUT2D eigenvalue weighted by Gasteiger charge is -2.12. The highest BCUT2D eigenvalue weighted by molar-refractivity contribution is 9.10. The summed E-state index contributed by atoms with van der Waals surface area (Å²) in [6.45, 7) is 0.601. The molecule has 0 aliphatic carbocycles. The van der Waals surface area contributed by atoms with Crippen LogP contribution >= 0.6 is 15.9 Å². The van der Waals surface area contributed by atoms with Gasteiger partial charge in [0.05, 0.1) is 16.7 Å². The van der Waals surface area contributed by atoms with Crippen LogP contribution in [0.5, 0.6) is 0 Å². The van der Waals surface area contributed by atoms with Gasteiger partial charge in [-0.15, -0.1) is 0 Å². The first-order valence-electron chi connectivity index (χ1n) is 5.50. The van der Waals surface area contributed by atoms with E-state index in [0.29, 0.717) is 12.5 Å². The molecule has 0 aliphatic heterocycles. The number of hydrogen-bond donors (Lipinski definition) is 1. The van der Waals surface area contributed by atoms with Crippen molar-refractivity contribution in [3.8, 4) is 0 Å². The normalized spacial score (nSPS) is 10.2. The maximum absolute atomic E-state index is 4.50. The van der Waals surface area contributed by atoms with Crippen LogP contribution in [0.1, 0.15) is 5.69 Å². The van der Waals surface area contributed by atoms with Crippen LogP contribution in [0.15, 0.2) is 35.1 Å². The summed E-state index contributed by atoms with van der Waals surface area (Å²) in [6.07, 6.45) is 3.41. The standard InChI is InChI=1S/C12H14BrN5/c1-18(2)11-5-3-4-10(17-11)8-16-12-14-6-9(13)7-15-12/h3-7H,8H2,1-2H3,(H,14,15,16). The Morgan fingerprint density at radius 3 is 2.61 bits per heavy atom. The van der Waals surface area contributed by atoms with E-state index in [4.69, 9.17) is 0 Å². The Morgan fingerprint density at radius 1 is 1.22 bits per heavy atom. The molecule has 0 aromatic carbocycles. The monoisotopic (exact) mass is 307 g/mol. The molecule has 6 heteroatoms. The van der Waals surface area contributed by atoms with Crippen LogP contribution in [0, 0.1) is 0 Å². The van der Waals surface area contributed by atoms with Gasteiger partial charge in [0.15, 0.2) is 0 Å². The summed E-state index contributed by atoms with van der Waals surface area (Å²) >= 11 is 3.30. The number of halogens is 1. The molecular weight excluding hydrogens is 294 g/mol. The molecule has 0 saturated heterocycles. The van der Waals surface area contributed by atoms with Crippen LogP contribution in [0.3, 0.4) is 0 Å². The molecule has 0 atom stereocenters. The Hall–Kier alpha value is -1.69. The second-order valence-electron chi connectivity index (χ2n) is 3.96. The van der Waals surface area contributed by atoms with Gasteiger partial charge in [-0.2, -0.15) is 0 Å². The van der Waals surface area contributed by atoms with Gasteiger partial charge in [0.25, 0.3) is 0 Å². The van der Waals surface area contributed by atoms with Crippen LogP contribution < -0.4 is 10.2 Å². The van der Waals surface area contributed by atoms with E-state index >= 15 is 0 Å².